The molecule has 0 amide bonds. The minimum atomic E-state index is -0.107. The number of fused-ring (bicyclic) bond motifs is 1. The summed E-state index contributed by atoms with van der Waals surface area (Å²) in [7, 11) is 0. The summed E-state index contributed by atoms with van der Waals surface area (Å²) in [4.78, 5) is 2.58. The van der Waals surface area contributed by atoms with Gasteiger partial charge in [-0.3, -0.25) is 0 Å². The molecule has 0 aliphatic carbocycles. The van der Waals surface area contributed by atoms with Gasteiger partial charge in [0.05, 0.1) is 11.9 Å². The summed E-state index contributed by atoms with van der Waals surface area (Å²) in [6.45, 7) is 0. The van der Waals surface area contributed by atoms with Gasteiger partial charge in [0, 0.05) is 6.07 Å². The summed E-state index contributed by atoms with van der Waals surface area (Å²) in [5.74, 6) is -0.182. The highest BCUT2D eigenvalue weighted by Gasteiger charge is 2.11. The number of rotatable bonds is 0. The molecule has 2 heterocycles. The van der Waals surface area contributed by atoms with E-state index in [4.69, 9.17) is 10.2 Å². The molecule has 0 saturated carbocycles. The van der Waals surface area contributed by atoms with Crippen molar-refractivity contribution in [3.63, 3.8) is 0 Å². The van der Waals surface area contributed by atoms with Crippen LogP contribution in [0, 0.1) is 0 Å². The first-order valence-electron chi connectivity index (χ1n) is 3.00. The van der Waals surface area contributed by atoms with Crippen molar-refractivity contribution in [2.45, 2.75) is 0 Å². The van der Waals surface area contributed by atoms with Crippen molar-refractivity contribution in [3.8, 4) is 23.0 Å². The molecule has 0 atom stereocenters. The molecular weight excluding hydrogens is 146 g/mol. The molecule has 0 spiro atoms. The summed E-state index contributed by atoms with van der Waals surface area (Å²) < 4.78 is 0. The lowest BCUT2D eigenvalue weighted by molar-refractivity contribution is 0.435. The molecule has 0 saturated heterocycles. The van der Waals surface area contributed by atoms with Crippen molar-refractivity contribution in [3.05, 3.63) is 12.3 Å². The normalized spacial score (nSPS) is 10.5. The molecule has 2 rings (SSSR count). The molecule has 2 aliphatic heterocycles. The zero-order chi connectivity index (χ0) is 7.84. The van der Waals surface area contributed by atoms with E-state index in [-0.39, 0.29) is 11.6 Å². The van der Waals surface area contributed by atoms with Gasteiger partial charge in [-0.05, 0) is 0 Å². The zero-order valence-electron chi connectivity index (χ0n) is 5.44. The minimum Gasteiger partial charge on any atom is -0.505 e. The summed E-state index contributed by atoms with van der Waals surface area (Å²) >= 11 is 0. The average Bonchev–Trinajstić information content (AvgIpc) is 2.34. The molecule has 3 N–H and O–H groups in total. The quantitative estimate of drug-likeness (QED) is 0.506. The number of nitrogens with one attached hydrogen (secondary N) is 1. The first-order chi connectivity index (χ1) is 5.27. The fourth-order valence-corrected chi connectivity index (χ4v) is 0.912. The molecule has 11 heavy (non-hydrogen) atoms. The molecule has 5 heteroatoms. The second-order valence-corrected chi connectivity index (χ2v) is 2.15. The fraction of sp³-hybridized carbons (Fsp3) is 0. The maximum Gasteiger partial charge on any atom is 0.192 e. The monoisotopic (exact) mass is 151 g/mol. The van der Waals surface area contributed by atoms with E-state index in [0.29, 0.717) is 11.4 Å². The number of hydrogen-bond donors (Lipinski definition) is 3. The summed E-state index contributed by atoms with van der Waals surface area (Å²) in [5.41, 5.74) is 0.880. The predicted molar refractivity (Wildman–Crippen MR) is 36.3 cm³/mol. The van der Waals surface area contributed by atoms with Gasteiger partial charge in [-0.1, -0.05) is 0 Å². The van der Waals surface area contributed by atoms with Crippen molar-refractivity contribution in [2.24, 2.45) is 0 Å². The molecule has 0 aromatic carbocycles. The number of aromatic nitrogens is 3. The molecule has 0 unspecified atom stereocenters. The molecule has 5 nitrogen and oxygen atoms in total. The van der Waals surface area contributed by atoms with Crippen LogP contribution in [-0.4, -0.2) is 25.4 Å². The van der Waals surface area contributed by atoms with E-state index in [1.807, 2.05) is 0 Å². The van der Waals surface area contributed by atoms with E-state index in [1.54, 1.807) is 0 Å². The van der Waals surface area contributed by atoms with Crippen molar-refractivity contribution in [1.82, 2.24) is 15.2 Å². The third-order valence-electron chi connectivity index (χ3n) is 1.38. The molecular formula is C6H5N3O2. The first-order valence-corrected chi connectivity index (χ1v) is 3.00. The number of aromatic amines is 1. The lowest BCUT2D eigenvalue weighted by Gasteiger charge is -1.99. The third kappa shape index (κ3) is 0.778. The van der Waals surface area contributed by atoms with Gasteiger partial charge in [0.25, 0.3) is 0 Å². The van der Waals surface area contributed by atoms with Crippen molar-refractivity contribution < 1.29 is 10.2 Å². The molecule has 2 aliphatic rings. The number of nitrogens with zero attached hydrogens (tertiary/aromatic N) is 2. The van der Waals surface area contributed by atoms with Crippen LogP contribution in [0.1, 0.15) is 0 Å². The van der Waals surface area contributed by atoms with Crippen LogP contribution < -0.4 is 0 Å². The number of H-pyrrole nitrogens is 1. The third-order valence-corrected chi connectivity index (χ3v) is 1.38. The number of hydrogen-bond acceptors (Lipinski definition) is 4. The highest BCUT2D eigenvalue weighted by atomic mass is 16.3. The van der Waals surface area contributed by atoms with Crippen LogP contribution in [0.2, 0.25) is 0 Å². The Morgan fingerprint density at radius 2 is 2.18 bits per heavy atom. The maximum absolute atomic E-state index is 9.16. The van der Waals surface area contributed by atoms with Gasteiger partial charge < -0.3 is 15.2 Å². The molecule has 0 aromatic heterocycles. The topological polar surface area (TPSA) is 82.0 Å². The second kappa shape index (κ2) is 1.85. The second-order valence-electron chi connectivity index (χ2n) is 2.15. The van der Waals surface area contributed by atoms with Crippen LogP contribution in [0.3, 0.4) is 0 Å². The van der Waals surface area contributed by atoms with E-state index in [0.717, 1.165) is 0 Å². The van der Waals surface area contributed by atoms with E-state index >= 15 is 0 Å². The van der Waals surface area contributed by atoms with Crippen molar-refractivity contribution in [2.75, 3.05) is 0 Å². The smallest absolute Gasteiger partial charge is 0.192 e. The van der Waals surface area contributed by atoms with Gasteiger partial charge in [0.1, 0.15) is 0 Å². The molecule has 0 fully saturated rings. The molecule has 0 bridgehead atoms. The van der Waals surface area contributed by atoms with Crippen LogP contribution >= 0.6 is 0 Å². The number of aromatic hydroxyl groups is 2. The fourth-order valence-electron chi connectivity index (χ4n) is 0.912. The highest BCUT2D eigenvalue weighted by Crippen LogP contribution is 2.29. The van der Waals surface area contributed by atoms with Crippen molar-refractivity contribution in [1.29, 1.82) is 0 Å². The minimum absolute atomic E-state index is 0.0752. The van der Waals surface area contributed by atoms with E-state index in [1.165, 1.54) is 12.3 Å². The Hall–Kier alpha value is -1.78. The lowest BCUT2D eigenvalue weighted by atomic mass is 10.3. The van der Waals surface area contributed by atoms with Gasteiger partial charge >= 0.3 is 0 Å². The Morgan fingerprint density at radius 1 is 1.36 bits per heavy atom. The summed E-state index contributed by atoms with van der Waals surface area (Å²) in [5, 5.41) is 25.3. The Labute approximate surface area is 61.7 Å². The predicted octanol–water partition coefficient (Wildman–Crippen LogP) is 0.321. The van der Waals surface area contributed by atoms with E-state index in [9.17, 15) is 0 Å². The largest absolute Gasteiger partial charge is 0.505 e. The van der Waals surface area contributed by atoms with Gasteiger partial charge in [0.2, 0.25) is 0 Å². The molecule has 0 aromatic rings. The summed E-state index contributed by atoms with van der Waals surface area (Å²) in [6.07, 6.45) is 1.43. The maximum atomic E-state index is 9.16. The Morgan fingerprint density at radius 3 is 3.00 bits per heavy atom. The summed E-state index contributed by atoms with van der Waals surface area (Å²) in [6, 6.07) is 1.18. The molecule has 0 radical (unpaired) electrons. The SMILES string of the molecule is Oc1cc(O)c2nncc-2[nH]1. The van der Waals surface area contributed by atoms with Crippen LogP contribution in [-0.2, 0) is 0 Å². The van der Waals surface area contributed by atoms with Crippen LogP contribution in [0.5, 0.6) is 11.6 Å². The van der Waals surface area contributed by atoms with E-state index in [2.05, 4.69) is 15.2 Å². The molecule has 56 valence electrons. The van der Waals surface area contributed by atoms with Crippen LogP contribution in [0.25, 0.3) is 11.4 Å². The van der Waals surface area contributed by atoms with Gasteiger partial charge in [-0.25, -0.2) is 0 Å². The van der Waals surface area contributed by atoms with Crippen molar-refractivity contribution >= 4 is 0 Å². The van der Waals surface area contributed by atoms with Crippen LogP contribution in [0.4, 0.5) is 0 Å². The Kier molecular flexibility index (Phi) is 1.00. The van der Waals surface area contributed by atoms with Crippen LogP contribution in [0.15, 0.2) is 12.3 Å². The number of pyridine rings is 1. The Bertz CT molecular complexity index is 357. The lowest BCUT2D eigenvalue weighted by Crippen LogP contribution is -1.83. The standard InChI is InChI=1S/C6H5N3O2/c10-4-1-5(11)8-3-2-7-9-6(3)4/h1-2,8,10-11H. The van der Waals surface area contributed by atoms with Gasteiger partial charge in [0.15, 0.2) is 17.3 Å². The van der Waals surface area contributed by atoms with E-state index < -0.39 is 0 Å². The van der Waals surface area contributed by atoms with Gasteiger partial charge in [-0.15, -0.1) is 5.10 Å². The first kappa shape index (κ1) is 5.96. The zero-order valence-corrected chi connectivity index (χ0v) is 5.44. The highest BCUT2D eigenvalue weighted by molar-refractivity contribution is 5.63. The Balaban J connectivity index is 2.79. The average molecular weight is 151 g/mol. The van der Waals surface area contributed by atoms with Gasteiger partial charge in [-0.2, -0.15) is 5.10 Å².